The molecule has 1 aliphatic rings. The van der Waals surface area contributed by atoms with E-state index in [4.69, 9.17) is 0 Å². The maximum atomic E-state index is 11.6. The summed E-state index contributed by atoms with van der Waals surface area (Å²) in [5.41, 5.74) is 2.17. The zero-order valence-electron chi connectivity index (χ0n) is 13.3. The van der Waals surface area contributed by atoms with Gasteiger partial charge in [0.2, 0.25) is 0 Å². The molecule has 0 radical (unpaired) electrons. The third kappa shape index (κ3) is 4.17. The second-order valence-electron chi connectivity index (χ2n) is 6.12. The fourth-order valence-electron chi connectivity index (χ4n) is 2.54. The van der Waals surface area contributed by atoms with Gasteiger partial charge in [-0.1, -0.05) is 19.9 Å². The van der Waals surface area contributed by atoms with Crippen molar-refractivity contribution >= 4 is 15.7 Å². The first-order chi connectivity index (χ1) is 9.78. The van der Waals surface area contributed by atoms with Crippen LogP contribution in [0.2, 0.25) is 0 Å². The molecular weight excluding hydrogens is 286 g/mol. The van der Waals surface area contributed by atoms with Gasteiger partial charge in [-0.25, -0.2) is 13.4 Å². The summed E-state index contributed by atoms with van der Waals surface area (Å²) in [6.45, 7) is 7.04. The molecule has 1 saturated heterocycles. The van der Waals surface area contributed by atoms with Gasteiger partial charge in [-0.3, -0.25) is 0 Å². The van der Waals surface area contributed by atoms with Crippen molar-refractivity contribution in [2.75, 3.05) is 23.5 Å². The van der Waals surface area contributed by atoms with Crippen LogP contribution in [0.15, 0.2) is 12.1 Å². The van der Waals surface area contributed by atoms with E-state index in [1.54, 1.807) is 0 Å². The van der Waals surface area contributed by atoms with Gasteiger partial charge in [-0.2, -0.15) is 0 Å². The van der Waals surface area contributed by atoms with Gasteiger partial charge in [0.05, 0.1) is 11.5 Å². The number of nitrogens with one attached hydrogen (secondary N) is 1. The molecule has 0 aliphatic carbocycles. The Kier molecular flexibility index (Phi) is 4.88. The highest BCUT2D eigenvalue weighted by Crippen LogP contribution is 2.22. The van der Waals surface area contributed by atoms with E-state index in [0.717, 1.165) is 18.1 Å². The van der Waals surface area contributed by atoms with E-state index < -0.39 is 9.84 Å². The van der Waals surface area contributed by atoms with Crippen molar-refractivity contribution in [3.8, 4) is 0 Å². The molecule has 2 rings (SSSR count). The Balaban J connectivity index is 2.09. The predicted octanol–water partition coefficient (Wildman–Crippen LogP) is 1.51. The van der Waals surface area contributed by atoms with Crippen molar-refractivity contribution in [2.24, 2.45) is 0 Å². The summed E-state index contributed by atoms with van der Waals surface area (Å²) in [7, 11) is -0.934. The van der Waals surface area contributed by atoms with Gasteiger partial charge in [0.1, 0.15) is 5.82 Å². The van der Waals surface area contributed by atoms with Crippen LogP contribution in [0.3, 0.4) is 0 Å². The van der Waals surface area contributed by atoms with Crippen LogP contribution < -0.4 is 10.2 Å². The van der Waals surface area contributed by atoms with E-state index in [0.29, 0.717) is 12.5 Å². The number of pyridine rings is 1. The molecule has 1 aliphatic heterocycles. The first-order valence-corrected chi connectivity index (χ1v) is 9.24. The van der Waals surface area contributed by atoms with Crippen molar-refractivity contribution < 1.29 is 8.42 Å². The summed E-state index contributed by atoms with van der Waals surface area (Å²) in [4.78, 5) is 6.63. The third-order valence-corrected chi connectivity index (χ3v) is 5.75. The molecule has 0 aromatic carbocycles. The van der Waals surface area contributed by atoms with Crippen LogP contribution in [0.25, 0.3) is 0 Å². The molecule has 6 heteroatoms. The van der Waals surface area contributed by atoms with Gasteiger partial charge >= 0.3 is 0 Å². The third-order valence-electron chi connectivity index (χ3n) is 4.00. The van der Waals surface area contributed by atoms with E-state index in [-0.39, 0.29) is 17.5 Å². The van der Waals surface area contributed by atoms with E-state index in [2.05, 4.69) is 30.2 Å². The van der Waals surface area contributed by atoms with Gasteiger partial charge in [0, 0.05) is 31.4 Å². The smallest absolute Gasteiger partial charge is 0.152 e. The SMILES string of the molecule is Cc1nc(N(C)C2CCS(=O)(=O)C2)ccc1CNC(C)C. The number of anilines is 1. The highest BCUT2D eigenvalue weighted by atomic mass is 32.2. The summed E-state index contributed by atoms with van der Waals surface area (Å²) in [6, 6.07) is 4.54. The standard InChI is InChI=1S/C15H25N3O2S/c1-11(2)16-9-13-5-6-15(17-12(13)3)18(4)14-7-8-21(19,20)10-14/h5-6,11,14,16H,7-10H2,1-4H3. The van der Waals surface area contributed by atoms with Crippen molar-refractivity contribution in [1.29, 1.82) is 0 Å². The van der Waals surface area contributed by atoms with Gasteiger partial charge in [0.15, 0.2) is 9.84 Å². The average molecular weight is 311 g/mol. The molecule has 21 heavy (non-hydrogen) atoms. The van der Waals surface area contributed by atoms with E-state index in [9.17, 15) is 8.42 Å². The largest absolute Gasteiger partial charge is 0.356 e. The van der Waals surface area contributed by atoms with Gasteiger partial charge < -0.3 is 10.2 Å². The predicted molar refractivity (Wildman–Crippen MR) is 86.4 cm³/mol. The maximum Gasteiger partial charge on any atom is 0.152 e. The summed E-state index contributed by atoms with van der Waals surface area (Å²) in [5.74, 6) is 1.38. The quantitative estimate of drug-likeness (QED) is 0.893. The fraction of sp³-hybridized carbons (Fsp3) is 0.667. The van der Waals surface area contributed by atoms with Crippen LogP contribution in [0.4, 0.5) is 5.82 Å². The number of aromatic nitrogens is 1. The van der Waals surface area contributed by atoms with Crippen LogP contribution in [0.5, 0.6) is 0 Å². The molecule has 118 valence electrons. The highest BCUT2D eigenvalue weighted by Gasteiger charge is 2.31. The lowest BCUT2D eigenvalue weighted by atomic mass is 10.1. The lowest BCUT2D eigenvalue weighted by molar-refractivity contribution is 0.586. The first kappa shape index (κ1) is 16.2. The molecule has 1 aromatic heterocycles. The lowest BCUT2D eigenvalue weighted by Crippen LogP contribution is -2.33. The molecule has 5 nitrogen and oxygen atoms in total. The summed E-state index contributed by atoms with van der Waals surface area (Å²) in [6.07, 6.45) is 0.691. The lowest BCUT2D eigenvalue weighted by Gasteiger charge is -2.25. The summed E-state index contributed by atoms with van der Waals surface area (Å²) in [5, 5.41) is 3.38. The fourth-order valence-corrected chi connectivity index (χ4v) is 4.32. The van der Waals surface area contributed by atoms with E-state index in [1.165, 1.54) is 5.56 Å². The Bertz CT molecular complexity index is 599. The Morgan fingerprint density at radius 3 is 2.67 bits per heavy atom. The van der Waals surface area contributed by atoms with Crippen LogP contribution >= 0.6 is 0 Å². The van der Waals surface area contributed by atoms with Crippen LogP contribution in [-0.4, -0.2) is 44.0 Å². The number of aryl methyl sites for hydroxylation is 1. The second-order valence-corrected chi connectivity index (χ2v) is 8.35. The Hall–Kier alpha value is -1.14. The zero-order chi connectivity index (χ0) is 15.6. The average Bonchev–Trinajstić information content (AvgIpc) is 2.76. The Morgan fingerprint density at radius 1 is 1.43 bits per heavy atom. The molecule has 0 bridgehead atoms. The molecule has 0 amide bonds. The topological polar surface area (TPSA) is 62.3 Å². The number of rotatable bonds is 5. The van der Waals surface area contributed by atoms with Crippen LogP contribution in [0.1, 0.15) is 31.5 Å². The molecule has 1 aromatic rings. The number of hydrogen-bond acceptors (Lipinski definition) is 5. The minimum atomic E-state index is -2.86. The molecule has 1 unspecified atom stereocenters. The number of sulfone groups is 1. The van der Waals surface area contributed by atoms with Crippen molar-refractivity contribution in [3.05, 3.63) is 23.4 Å². The minimum Gasteiger partial charge on any atom is -0.356 e. The molecule has 0 saturated carbocycles. The second kappa shape index (κ2) is 6.32. The first-order valence-electron chi connectivity index (χ1n) is 7.41. The maximum absolute atomic E-state index is 11.6. The molecule has 1 N–H and O–H groups in total. The van der Waals surface area contributed by atoms with E-state index in [1.807, 2.05) is 24.9 Å². The number of hydrogen-bond donors (Lipinski definition) is 1. The van der Waals surface area contributed by atoms with Crippen molar-refractivity contribution in [2.45, 2.75) is 45.8 Å². The highest BCUT2D eigenvalue weighted by molar-refractivity contribution is 7.91. The number of nitrogens with zero attached hydrogens (tertiary/aromatic N) is 2. The molecular formula is C15H25N3O2S. The van der Waals surface area contributed by atoms with Crippen LogP contribution in [0, 0.1) is 6.92 Å². The van der Waals surface area contributed by atoms with Crippen molar-refractivity contribution in [3.63, 3.8) is 0 Å². The van der Waals surface area contributed by atoms with Gasteiger partial charge in [0.25, 0.3) is 0 Å². The zero-order valence-corrected chi connectivity index (χ0v) is 14.1. The van der Waals surface area contributed by atoms with E-state index >= 15 is 0 Å². The van der Waals surface area contributed by atoms with Gasteiger partial charge in [-0.05, 0) is 25.0 Å². The Morgan fingerprint density at radius 2 is 2.14 bits per heavy atom. The minimum absolute atomic E-state index is 0.0431. The molecule has 2 heterocycles. The van der Waals surface area contributed by atoms with Gasteiger partial charge in [-0.15, -0.1) is 0 Å². The molecule has 1 fully saturated rings. The summed E-state index contributed by atoms with van der Waals surface area (Å²) >= 11 is 0. The Labute approximate surface area is 127 Å². The van der Waals surface area contributed by atoms with Crippen LogP contribution in [-0.2, 0) is 16.4 Å². The normalized spacial score (nSPS) is 20.9. The summed E-state index contributed by atoms with van der Waals surface area (Å²) < 4.78 is 23.2. The molecule has 0 spiro atoms. The van der Waals surface area contributed by atoms with Crippen molar-refractivity contribution in [1.82, 2.24) is 10.3 Å². The monoisotopic (exact) mass is 311 g/mol. The molecule has 1 atom stereocenters.